The number of Topliss-reactive ketones (excluding diaryl/α,β-unsaturated/α-hetero) is 2. The fourth-order valence-electron chi connectivity index (χ4n) is 1.65. The predicted molar refractivity (Wildman–Crippen MR) is 60.4 cm³/mol. The van der Waals surface area contributed by atoms with E-state index in [1.165, 1.54) is 6.92 Å². The van der Waals surface area contributed by atoms with Crippen LogP contribution in [0.25, 0.3) is 0 Å². The van der Waals surface area contributed by atoms with Gasteiger partial charge >= 0.3 is 0 Å². The van der Waals surface area contributed by atoms with Crippen molar-refractivity contribution in [2.45, 2.75) is 27.7 Å². The summed E-state index contributed by atoms with van der Waals surface area (Å²) in [6, 6.07) is 5.40. The van der Waals surface area contributed by atoms with Gasteiger partial charge < -0.3 is 0 Å². The summed E-state index contributed by atoms with van der Waals surface area (Å²) in [5.74, 6) is -0.0918. The Morgan fingerprint density at radius 1 is 1.20 bits per heavy atom. The average Bonchev–Trinajstić information content (AvgIpc) is 2.15. The molecule has 0 saturated carbocycles. The summed E-state index contributed by atoms with van der Waals surface area (Å²) in [5, 5.41) is 0. The zero-order chi connectivity index (χ0) is 11.6. The third-order valence-electron chi connectivity index (χ3n) is 2.41. The predicted octanol–water partition coefficient (Wildman–Crippen LogP) is 3.04. The SMILES string of the molecule is CC(=O)c1c(C)cccc1C(=O)C(C)C. The van der Waals surface area contributed by atoms with E-state index in [4.69, 9.17) is 0 Å². The molecule has 0 N–H and O–H groups in total. The normalized spacial score (nSPS) is 10.5. The molecule has 2 heteroatoms. The number of carbonyl (C=O) groups is 2. The highest BCUT2D eigenvalue weighted by molar-refractivity contribution is 6.09. The fraction of sp³-hybridized carbons (Fsp3) is 0.385. The van der Waals surface area contributed by atoms with Gasteiger partial charge in [-0.1, -0.05) is 32.0 Å². The minimum Gasteiger partial charge on any atom is -0.294 e. The molecule has 0 amide bonds. The largest absolute Gasteiger partial charge is 0.294 e. The molecule has 1 aromatic carbocycles. The Morgan fingerprint density at radius 2 is 1.80 bits per heavy atom. The van der Waals surface area contributed by atoms with Gasteiger partial charge in [-0.25, -0.2) is 0 Å². The van der Waals surface area contributed by atoms with Crippen LogP contribution < -0.4 is 0 Å². The summed E-state index contributed by atoms with van der Waals surface area (Å²) < 4.78 is 0. The average molecular weight is 204 g/mol. The first-order chi connectivity index (χ1) is 6.95. The Balaban J connectivity index is 3.35. The molecule has 0 aliphatic heterocycles. The Bertz CT molecular complexity index is 403. The Hall–Kier alpha value is -1.44. The van der Waals surface area contributed by atoms with Gasteiger partial charge in [-0.05, 0) is 19.4 Å². The van der Waals surface area contributed by atoms with Crippen LogP contribution in [0.15, 0.2) is 18.2 Å². The second-order valence-electron chi connectivity index (χ2n) is 4.07. The Morgan fingerprint density at radius 3 is 2.27 bits per heavy atom. The van der Waals surface area contributed by atoms with Crippen molar-refractivity contribution < 1.29 is 9.59 Å². The van der Waals surface area contributed by atoms with E-state index in [9.17, 15) is 9.59 Å². The smallest absolute Gasteiger partial charge is 0.166 e. The van der Waals surface area contributed by atoms with Crippen molar-refractivity contribution in [3.05, 3.63) is 34.9 Å². The highest BCUT2D eigenvalue weighted by Crippen LogP contribution is 2.18. The van der Waals surface area contributed by atoms with Crippen LogP contribution in [0.4, 0.5) is 0 Å². The van der Waals surface area contributed by atoms with E-state index < -0.39 is 0 Å². The van der Waals surface area contributed by atoms with Crippen LogP contribution in [0, 0.1) is 12.8 Å². The van der Waals surface area contributed by atoms with Gasteiger partial charge in [0.15, 0.2) is 11.6 Å². The van der Waals surface area contributed by atoms with E-state index in [0.29, 0.717) is 11.1 Å². The molecule has 0 fully saturated rings. The third-order valence-corrected chi connectivity index (χ3v) is 2.41. The highest BCUT2D eigenvalue weighted by Gasteiger charge is 2.18. The van der Waals surface area contributed by atoms with Crippen molar-refractivity contribution in [1.29, 1.82) is 0 Å². The van der Waals surface area contributed by atoms with Crippen molar-refractivity contribution in [2.24, 2.45) is 5.92 Å². The summed E-state index contributed by atoms with van der Waals surface area (Å²) in [6.07, 6.45) is 0. The standard InChI is InChI=1S/C13H16O2/c1-8(2)13(15)11-7-5-6-9(3)12(11)10(4)14/h5-8H,1-4H3. The molecule has 0 atom stereocenters. The lowest BCUT2D eigenvalue weighted by molar-refractivity contribution is 0.0926. The molecule has 2 nitrogen and oxygen atoms in total. The lowest BCUT2D eigenvalue weighted by Crippen LogP contribution is -2.13. The summed E-state index contributed by atoms with van der Waals surface area (Å²) in [4.78, 5) is 23.3. The van der Waals surface area contributed by atoms with E-state index in [1.54, 1.807) is 6.07 Å². The van der Waals surface area contributed by atoms with Crippen LogP contribution in [0.3, 0.4) is 0 Å². The summed E-state index contributed by atoms with van der Waals surface area (Å²) in [5.41, 5.74) is 1.99. The quantitative estimate of drug-likeness (QED) is 0.709. The second kappa shape index (κ2) is 4.39. The van der Waals surface area contributed by atoms with Crippen molar-refractivity contribution in [3.8, 4) is 0 Å². The molecule has 15 heavy (non-hydrogen) atoms. The number of rotatable bonds is 3. The molecular formula is C13H16O2. The van der Waals surface area contributed by atoms with Gasteiger partial charge in [-0.2, -0.15) is 0 Å². The molecule has 1 rings (SSSR count). The van der Waals surface area contributed by atoms with Gasteiger partial charge in [0, 0.05) is 17.0 Å². The molecule has 0 aromatic heterocycles. The second-order valence-corrected chi connectivity index (χ2v) is 4.07. The zero-order valence-corrected chi connectivity index (χ0v) is 9.63. The molecular weight excluding hydrogens is 188 g/mol. The monoisotopic (exact) mass is 204 g/mol. The first-order valence-corrected chi connectivity index (χ1v) is 5.10. The number of hydrogen-bond donors (Lipinski definition) is 0. The zero-order valence-electron chi connectivity index (χ0n) is 9.63. The Labute approximate surface area is 90.3 Å². The molecule has 0 bridgehead atoms. The molecule has 0 heterocycles. The molecule has 0 radical (unpaired) electrons. The number of hydrogen-bond acceptors (Lipinski definition) is 2. The van der Waals surface area contributed by atoms with Gasteiger partial charge in [-0.15, -0.1) is 0 Å². The van der Waals surface area contributed by atoms with E-state index >= 15 is 0 Å². The van der Waals surface area contributed by atoms with E-state index in [2.05, 4.69) is 0 Å². The van der Waals surface area contributed by atoms with Crippen LogP contribution >= 0.6 is 0 Å². The molecule has 0 aliphatic carbocycles. The van der Waals surface area contributed by atoms with Crippen LogP contribution in [0.2, 0.25) is 0 Å². The number of ketones is 2. The molecule has 0 aliphatic rings. The van der Waals surface area contributed by atoms with E-state index in [-0.39, 0.29) is 17.5 Å². The maximum Gasteiger partial charge on any atom is 0.166 e. The first kappa shape index (κ1) is 11.6. The number of carbonyl (C=O) groups excluding carboxylic acids is 2. The first-order valence-electron chi connectivity index (χ1n) is 5.10. The topological polar surface area (TPSA) is 34.1 Å². The third kappa shape index (κ3) is 2.32. The van der Waals surface area contributed by atoms with E-state index in [1.807, 2.05) is 32.9 Å². The van der Waals surface area contributed by atoms with Crippen LogP contribution in [0.1, 0.15) is 47.1 Å². The Kier molecular flexibility index (Phi) is 3.40. The maximum absolute atomic E-state index is 11.9. The molecule has 1 aromatic rings. The van der Waals surface area contributed by atoms with Gasteiger partial charge in [0.25, 0.3) is 0 Å². The molecule has 0 spiro atoms. The highest BCUT2D eigenvalue weighted by atomic mass is 16.1. The van der Waals surface area contributed by atoms with Gasteiger partial charge in [-0.3, -0.25) is 9.59 Å². The summed E-state index contributed by atoms with van der Waals surface area (Å²) >= 11 is 0. The van der Waals surface area contributed by atoms with Crippen molar-refractivity contribution in [3.63, 3.8) is 0 Å². The van der Waals surface area contributed by atoms with Gasteiger partial charge in [0.1, 0.15) is 0 Å². The number of benzene rings is 1. The minimum absolute atomic E-state index is 0.0314. The van der Waals surface area contributed by atoms with Crippen molar-refractivity contribution in [2.75, 3.05) is 0 Å². The molecule has 80 valence electrons. The van der Waals surface area contributed by atoms with Crippen LogP contribution in [-0.2, 0) is 0 Å². The summed E-state index contributed by atoms with van der Waals surface area (Å²) in [7, 11) is 0. The lowest BCUT2D eigenvalue weighted by atomic mass is 9.92. The number of aryl methyl sites for hydroxylation is 1. The molecule has 0 unspecified atom stereocenters. The van der Waals surface area contributed by atoms with Crippen molar-refractivity contribution >= 4 is 11.6 Å². The van der Waals surface area contributed by atoms with E-state index in [0.717, 1.165) is 5.56 Å². The van der Waals surface area contributed by atoms with Crippen LogP contribution in [0.5, 0.6) is 0 Å². The van der Waals surface area contributed by atoms with Gasteiger partial charge in [0.2, 0.25) is 0 Å². The van der Waals surface area contributed by atoms with Gasteiger partial charge in [0.05, 0.1) is 0 Å². The van der Waals surface area contributed by atoms with Crippen LogP contribution in [-0.4, -0.2) is 11.6 Å². The lowest BCUT2D eigenvalue weighted by Gasteiger charge is -2.10. The van der Waals surface area contributed by atoms with Crippen molar-refractivity contribution in [1.82, 2.24) is 0 Å². The summed E-state index contributed by atoms with van der Waals surface area (Å²) in [6.45, 7) is 7.04. The maximum atomic E-state index is 11.9. The fourth-order valence-corrected chi connectivity index (χ4v) is 1.65. The molecule has 0 saturated heterocycles. The minimum atomic E-state index is -0.0788.